The van der Waals surface area contributed by atoms with Crippen molar-refractivity contribution in [3.63, 3.8) is 0 Å². The van der Waals surface area contributed by atoms with Crippen molar-refractivity contribution in [1.82, 2.24) is 4.90 Å². The van der Waals surface area contributed by atoms with Crippen LogP contribution in [0.5, 0.6) is 0 Å². The van der Waals surface area contributed by atoms with E-state index >= 15 is 0 Å². The first kappa shape index (κ1) is 15.2. The standard InChI is InChI=1S/C10H19BrF3N/c1-7(2)5-8(3)15(4)6-9(11)10(12,13)14/h7-9H,5-6H2,1-4H3. The highest BCUT2D eigenvalue weighted by molar-refractivity contribution is 9.09. The zero-order valence-electron chi connectivity index (χ0n) is 9.61. The first-order valence-electron chi connectivity index (χ1n) is 5.05. The number of halogens is 4. The second kappa shape index (κ2) is 6.09. The Balaban J connectivity index is 4.07. The molecule has 0 aromatic carbocycles. The van der Waals surface area contributed by atoms with Crippen molar-refractivity contribution in [2.75, 3.05) is 13.6 Å². The first-order valence-corrected chi connectivity index (χ1v) is 5.97. The lowest BCUT2D eigenvalue weighted by atomic mass is 10.0. The molecule has 0 bridgehead atoms. The van der Waals surface area contributed by atoms with Crippen LogP contribution >= 0.6 is 15.9 Å². The third-order valence-electron chi connectivity index (χ3n) is 2.37. The molecule has 0 spiro atoms. The monoisotopic (exact) mass is 289 g/mol. The fraction of sp³-hybridized carbons (Fsp3) is 1.00. The normalized spacial score (nSPS) is 17.2. The molecule has 0 aromatic rings. The summed E-state index contributed by atoms with van der Waals surface area (Å²) in [5, 5.41) is 0. The molecule has 0 heterocycles. The molecular formula is C10H19BrF3N. The predicted molar refractivity (Wildman–Crippen MR) is 60.3 cm³/mol. The average molecular weight is 290 g/mol. The van der Waals surface area contributed by atoms with Gasteiger partial charge >= 0.3 is 6.18 Å². The molecule has 92 valence electrons. The minimum Gasteiger partial charge on any atom is -0.302 e. The summed E-state index contributed by atoms with van der Waals surface area (Å²) in [4.78, 5) is 0.303. The van der Waals surface area contributed by atoms with Crippen molar-refractivity contribution in [3.05, 3.63) is 0 Å². The molecule has 1 nitrogen and oxygen atoms in total. The van der Waals surface area contributed by atoms with Gasteiger partial charge in [-0.3, -0.25) is 0 Å². The molecule has 15 heavy (non-hydrogen) atoms. The highest BCUT2D eigenvalue weighted by atomic mass is 79.9. The third-order valence-corrected chi connectivity index (χ3v) is 3.18. The van der Waals surface area contributed by atoms with Gasteiger partial charge in [0, 0.05) is 12.6 Å². The van der Waals surface area contributed by atoms with Gasteiger partial charge in [0.25, 0.3) is 0 Å². The molecule has 0 saturated heterocycles. The van der Waals surface area contributed by atoms with Gasteiger partial charge < -0.3 is 4.90 Å². The van der Waals surface area contributed by atoms with Gasteiger partial charge in [-0.05, 0) is 26.3 Å². The maximum absolute atomic E-state index is 12.3. The summed E-state index contributed by atoms with van der Waals surface area (Å²) >= 11 is 2.67. The molecule has 0 amide bonds. The van der Waals surface area contributed by atoms with E-state index in [-0.39, 0.29) is 12.6 Å². The van der Waals surface area contributed by atoms with Gasteiger partial charge in [-0.15, -0.1) is 0 Å². The highest BCUT2D eigenvalue weighted by Gasteiger charge is 2.38. The molecule has 0 N–H and O–H groups in total. The smallest absolute Gasteiger partial charge is 0.302 e. The summed E-state index contributed by atoms with van der Waals surface area (Å²) in [5.74, 6) is 0.502. The number of rotatable bonds is 5. The lowest BCUT2D eigenvalue weighted by molar-refractivity contribution is -0.130. The quantitative estimate of drug-likeness (QED) is 0.698. The van der Waals surface area contributed by atoms with E-state index in [1.54, 1.807) is 11.9 Å². The lowest BCUT2D eigenvalue weighted by Gasteiger charge is -2.28. The van der Waals surface area contributed by atoms with Crippen LogP contribution in [0.1, 0.15) is 27.2 Å². The summed E-state index contributed by atoms with van der Waals surface area (Å²) in [6, 6.07) is 0.174. The molecule has 2 atom stereocenters. The maximum Gasteiger partial charge on any atom is 0.402 e. The molecule has 0 aliphatic heterocycles. The molecule has 0 saturated carbocycles. The van der Waals surface area contributed by atoms with Gasteiger partial charge in [0.15, 0.2) is 0 Å². The second-order valence-corrected chi connectivity index (χ2v) is 5.53. The molecule has 0 fully saturated rings. The zero-order chi connectivity index (χ0) is 12.2. The first-order chi connectivity index (χ1) is 6.64. The van der Waals surface area contributed by atoms with E-state index in [9.17, 15) is 13.2 Å². The third kappa shape index (κ3) is 6.40. The largest absolute Gasteiger partial charge is 0.402 e. The molecule has 0 rings (SSSR count). The Morgan fingerprint density at radius 2 is 1.67 bits per heavy atom. The molecule has 0 aliphatic carbocycles. The van der Waals surface area contributed by atoms with Gasteiger partial charge in [-0.25, -0.2) is 0 Å². The van der Waals surface area contributed by atoms with Crippen LogP contribution in [0.3, 0.4) is 0 Å². The van der Waals surface area contributed by atoms with Crippen LogP contribution in [0.4, 0.5) is 13.2 Å². The second-order valence-electron chi connectivity index (χ2n) is 4.43. The molecule has 5 heteroatoms. The molecule has 0 radical (unpaired) electrons. The number of hydrogen-bond acceptors (Lipinski definition) is 1. The molecule has 0 aromatic heterocycles. The molecular weight excluding hydrogens is 271 g/mol. The van der Waals surface area contributed by atoms with Crippen LogP contribution in [0.15, 0.2) is 0 Å². The van der Waals surface area contributed by atoms with E-state index < -0.39 is 11.0 Å². The minimum atomic E-state index is -4.16. The van der Waals surface area contributed by atoms with Crippen LogP contribution < -0.4 is 0 Å². The van der Waals surface area contributed by atoms with Gasteiger partial charge in [0.05, 0.1) is 0 Å². The van der Waals surface area contributed by atoms with Crippen LogP contribution in [0.25, 0.3) is 0 Å². The SMILES string of the molecule is CC(C)CC(C)N(C)CC(Br)C(F)(F)F. The van der Waals surface area contributed by atoms with E-state index in [1.807, 2.05) is 6.92 Å². The van der Waals surface area contributed by atoms with E-state index in [1.165, 1.54) is 0 Å². The average Bonchev–Trinajstić information content (AvgIpc) is 2.00. The van der Waals surface area contributed by atoms with Gasteiger partial charge in [0.1, 0.15) is 4.83 Å². The summed E-state index contributed by atoms with van der Waals surface area (Å²) in [7, 11) is 1.73. The molecule has 0 aliphatic rings. The van der Waals surface area contributed by atoms with E-state index in [0.29, 0.717) is 5.92 Å². The Labute approximate surface area is 98.1 Å². The number of hydrogen-bond donors (Lipinski definition) is 0. The Morgan fingerprint density at radius 1 is 1.20 bits per heavy atom. The van der Waals surface area contributed by atoms with Gasteiger partial charge in [-0.2, -0.15) is 13.2 Å². The number of alkyl halides is 4. The van der Waals surface area contributed by atoms with E-state index in [2.05, 4.69) is 29.8 Å². The van der Waals surface area contributed by atoms with Gasteiger partial charge in [0.2, 0.25) is 0 Å². The minimum absolute atomic E-state index is 0.00259. The van der Waals surface area contributed by atoms with Crippen molar-refractivity contribution < 1.29 is 13.2 Å². The Bertz CT molecular complexity index is 182. The highest BCUT2D eigenvalue weighted by Crippen LogP contribution is 2.27. The Hall–Kier alpha value is 0.230. The topological polar surface area (TPSA) is 3.24 Å². The fourth-order valence-corrected chi connectivity index (χ4v) is 1.86. The van der Waals surface area contributed by atoms with Crippen LogP contribution in [-0.2, 0) is 0 Å². The van der Waals surface area contributed by atoms with Crippen molar-refractivity contribution in [2.24, 2.45) is 5.92 Å². The zero-order valence-corrected chi connectivity index (χ0v) is 11.2. The number of nitrogens with zero attached hydrogens (tertiary/aromatic N) is 1. The summed E-state index contributed by atoms with van der Waals surface area (Å²) in [5.41, 5.74) is 0. The lowest BCUT2D eigenvalue weighted by Crippen LogP contribution is -2.40. The van der Waals surface area contributed by atoms with Crippen molar-refractivity contribution in [2.45, 2.75) is 44.2 Å². The van der Waals surface area contributed by atoms with Gasteiger partial charge in [-0.1, -0.05) is 29.8 Å². The Morgan fingerprint density at radius 3 is 2.00 bits per heavy atom. The van der Waals surface area contributed by atoms with Crippen LogP contribution in [0, 0.1) is 5.92 Å². The van der Waals surface area contributed by atoms with Crippen LogP contribution in [-0.4, -0.2) is 35.5 Å². The fourth-order valence-electron chi connectivity index (χ4n) is 1.40. The molecule has 2 unspecified atom stereocenters. The van der Waals surface area contributed by atoms with Crippen molar-refractivity contribution >= 4 is 15.9 Å². The van der Waals surface area contributed by atoms with Crippen molar-refractivity contribution in [3.8, 4) is 0 Å². The summed E-state index contributed by atoms with van der Waals surface area (Å²) in [6.07, 6.45) is -3.25. The Kier molecular flexibility index (Phi) is 6.18. The van der Waals surface area contributed by atoms with E-state index in [4.69, 9.17) is 0 Å². The van der Waals surface area contributed by atoms with Crippen molar-refractivity contribution in [1.29, 1.82) is 0 Å². The van der Waals surface area contributed by atoms with E-state index in [0.717, 1.165) is 6.42 Å². The summed E-state index contributed by atoms with van der Waals surface area (Å²) < 4.78 is 36.8. The predicted octanol–water partition coefficient (Wildman–Crippen LogP) is 3.68. The van der Waals surface area contributed by atoms with Crippen LogP contribution in [0.2, 0.25) is 0 Å². The summed E-state index contributed by atoms with van der Waals surface area (Å²) in [6.45, 7) is 6.09. The maximum atomic E-state index is 12.3.